The Balaban J connectivity index is 1.22. The second kappa shape index (κ2) is 15.1. The fourth-order valence-corrected chi connectivity index (χ4v) is 6.52. The van der Waals surface area contributed by atoms with Crippen LogP contribution in [0.25, 0.3) is 10.4 Å². The SMILES string of the molecule is CC(=O)OC1C(N=[N+]=[N-])C2OCC(O2)C1OC1OC2COC(c3ccccc3)OC2C(OCc2ccccc2)C1OCc1ccccc1. The van der Waals surface area contributed by atoms with Gasteiger partial charge in [0.2, 0.25) is 0 Å². The normalized spacial score (nSPS) is 34.1. The fraction of sp³-hybridized carbons (Fsp3) is 0.457. The molecule has 0 saturated carbocycles. The summed E-state index contributed by atoms with van der Waals surface area (Å²) < 4.78 is 56.8. The monoisotopic (exact) mass is 659 g/mol. The summed E-state index contributed by atoms with van der Waals surface area (Å²) in [7, 11) is 0. The first kappa shape index (κ1) is 32.7. The fourth-order valence-electron chi connectivity index (χ4n) is 6.52. The van der Waals surface area contributed by atoms with Crippen LogP contribution in [0.4, 0.5) is 0 Å². The van der Waals surface area contributed by atoms with Gasteiger partial charge < -0.3 is 42.6 Å². The lowest BCUT2D eigenvalue weighted by molar-refractivity contribution is -0.384. The molecule has 4 saturated heterocycles. The second-order valence-corrected chi connectivity index (χ2v) is 12.0. The van der Waals surface area contributed by atoms with E-state index in [1.807, 2.05) is 91.0 Å². The molecular formula is C35H37N3O10. The average Bonchev–Trinajstić information content (AvgIpc) is 3.56. The van der Waals surface area contributed by atoms with Gasteiger partial charge >= 0.3 is 5.97 Å². The Morgan fingerprint density at radius 1 is 0.771 bits per heavy atom. The lowest BCUT2D eigenvalue weighted by atomic mass is 9.95. The third-order valence-corrected chi connectivity index (χ3v) is 8.74. The molecule has 4 aliphatic rings. The highest BCUT2D eigenvalue weighted by atomic mass is 16.8. The van der Waals surface area contributed by atoms with E-state index < -0.39 is 73.6 Å². The van der Waals surface area contributed by atoms with Crippen LogP contribution < -0.4 is 0 Å². The van der Waals surface area contributed by atoms with Gasteiger partial charge in [0, 0.05) is 17.4 Å². The molecule has 13 heteroatoms. The molecule has 7 rings (SSSR count). The molecule has 11 atom stereocenters. The van der Waals surface area contributed by atoms with Gasteiger partial charge in [-0.25, -0.2) is 0 Å². The number of rotatable bonds is 11. The largest absolute Gasteiger partial charge is 0.459 e. The minimum Gasteiger partial charge on any atom is -0.459 e. The summed E-state index contributed by atoms with van der Waals surface area (Å²) in [6.07, 6.45) is -7.89. The van der Waals surface area contributed by atoms with Crippen LogP contribution in [-0.4, -0.2) is 80.5 Å². The van der Waals surface area contributed by atoms with Crippen LogP contribution >= 0.6 is 0 Å². The molecule has 2 bridgehead atoms. The minimum absolute atomic E-state index is 0.137. The molecule has 13 nitrogen and oxygen atoms in total. The molecule has 0 radical (unpaired) electrons. The van der Waals surface area contributed by atoms with E-state index in [0.717, 1.165) is 16.7 Å². The van der Waals surface area contributed by atoms with Gasteiger partial charge in [-0.3, -0.25) is 4.79 Å². The number of hydrogen-bond donors (Lipinski definition) is 0. The van der Waals surface area contributed by atoms with Gasteiger partial charge in [0.1, 0.15) is 48.8 Å². The molecule has 48 heavy (non-hydrogen) atoms. The van der Waals surface area contributed by atoms with Crippen molar-refractivity contribution in [3.05, 3.63) is 118 Å². The minimum atomic E-state index is -1.06. The summed E-state index contributed by atoms with van der Waals surface area (Å²) >= 11 is 0. The van der Waals surface area contributed by atoms with E-state index in [-0.39, 0.29) is 26.4 Å². The predicted octanol–water partition coefficient (Wildman–Crippen LogP) is 4.75. The van der Waals surface area contributed by atoms with Crippen LogP contribution in [-0.2, 0) is 60.6 Å². The van der Waals surface area contributed by atoms with Crippen molar-refractivity contribution in [2.24, 2.45) is 5.11 Å². The summed E-state index contributed by atoms with van der Waals surface area (Å²) in [6.45, 7) is 2.10. The molecule has 4 heterocycles. The van der Waals surface area contributed by atoms with Crippen molar-refractivity contribution in [2.75, 3.05) is 13.2 Å². The average molecular weight is 660 g/mol. The number of fused-ring (bicyclic) bond motifs is 3. The van der Waals surface area contributed by atoms with Gasteiger partial charge in [0.05, 0.1) is 26.4 Å². The zero-order chi connectivity index (χ0) is 32.9. The quantitative estimate of drug-likeness (QED) is 0.122. The van der Waals surface area contributed by atoms with Crippen molar-refractivity contribution in [1.82, 2.24) is 0 Å². The maximum Gasteiger partial charge on any atom is 0.303 e. The molecule has 252 valence electrons. The van der Waals surface area contributed by atoms with Crippen LogP contribution in [0.3, 0.4) is 0 Å². The number of hydrogen-bond acceptors (Lipinski definition) is 11. The van der Waals surface area contributed by atoms with Crippen molar-refractivity contribution < 1.29 is 47.4 Å². The van der Waals surface area contributed by atoms with Gasteiger partial charge in [0.25, 0.3) is 0 Å². The van der Waals surface area contributed by atoms with Crippen molar-refractivity contribution in [2.45, 2.75) is 87.8 Å². The van der Waals surface area contributed by atoms with E-state index in [1.54, 1.807) is 0 Å². The van der Waals surface area contributed by atoms with E-state index in [9.17, 15) is 10.3 Å². The Morgan fingerprint density at radius 2 is 1.40 bits per heavy atom. The summed E-state index contributed by atoms with van der Waals surface area (Å²) in [4.78, 5) is 15.2. The Bertz CT molecular complexity index is 1550. The molecule has 0 amide bonds. The number of benzene rings is 3. The Kier molecular flexibility index (Phi) is 10.3. The van der Waals surface area contributed by atoms with Crippen molar-refractivity contribution in [3.63, 3.8) is 0 Å². The summed E-state index contributed by atoms with van der Waals surface area (Å²) in [6, 6.07) is 28.2. The van der Waals surface area contributed by atoms with E-state index in [4.69, 9.17) is 42.6 Å². The third kappa shape index (κ3) is 7.25. The number of carbonyl (C=O) groups is 1. The molecule has 3 aromatic rings. The van der Waals surface area contributed by atoms with Gasteiger partial charge in [-0.15, -0.1) is 0 Å². The van der Waals surface area contributed by atoms with Crippen molar-refractivity contribution in [3.8, 4) is 0 Å². The molecule has 4 fully saturated rings. The molecule has 0 aliphatic carbocycles. The van der Waals surface area contributed by atoms with Crippen LogP contribution in [0.2, 0.25) is 0 Å². The highest BCUT2D eigenvalue weighted by molar-refractivity contribution is 5.66. The predicted molar refractivity (Wildman–Crippen MR) is 167 cm³/mol. The van der Waals surface area contributed by atoms with E-state index in [2.05, 4.69) is 10.0 Å². The highest BCUT2D eigenvalue weighted by Crippen LogP contribution is 2.40. The maximum atomic E-state index is 12.3. The van der Waals surface area contributed by atoms with E-state index >= 15 is 0 Å². The highest BCUT2D eigenvalue weighted by Gasteiger charge is 2.57. The van der Waals surface area contributed by atoms with Gasteiger partial charge in [-0.2, -0.15) is 0 Å². The number of ether oxygens (including phenoxy) is 9. The van der Waals surface area contributed by atoms with E-state index in [1.165, 1.54) is 6.92 Å². The van der Waals surface area contributed by atoms with Gasteiger partial charge in [-0.1, -0.05) is 96.1 Å². The molecular weight excluding hydrogens is 622 g/mol. The number of carbonyl (C=O) groups excluding carboxylic acids is 1. The Labute approximate surface area is 277 Å². The molecule has 3 aromatic carbocycles. The topological polar surface area (TPSA) is 149 Å². The van der Waals surface area contributed by atoms with Crippen LogP contribution in [0, 0.1) is 0 Å². The zero-order valence-corrected chi connectivity index (χ0v) is 26.3. The first-order valence-corrected chi connectivity index (χ1v) is 16.0. The molecule has 0 spiro atoms. The Morgan fingerprint density at radius 3 is 2.04 bits per heavy atom. The molecule has 11 unspecified atom stereocenters. The molecule has 0 N–H and O–H groups in total. The van der Waals surface area contributed by atoms with Crippen molar-refractivity contribution >= 4 is 5.97 Å². The summed E-state index contributed by atoms with van der Waals surface area (Å²) in [5, 5.41) is 3.85. The third-order valence-electron chi connectivity index (χ3n) is 8.74. The summed E-state index contributed by atoms with van der Waals surface area (Å²) in [5.74, 6) is -0.570. The first-order valence-electron chi connectivity index (χ1n) is 16.0. The van der Waals surface area contributed by atoms with Gasteiger partial charge in [-0.05, 0) is 16.7 Å². The second-order valence-electron chi connectivity index (χ2n) is 12.0. The standard InChI is InChI=1S/C35H37N3O10/c1-21(39)44-30-27(37-38-36)34-43-20-25(45-34)28(30)48-35-32(41-18-23-13-7-3-8-14-23)31(40-17-22-11-5-2-6-12-22)29-26(46-35)19-42-33(47-29)24-15-9-4-10-16-24/h2-16,25-35H,17-20H2,1H3. The van der Waals surface area contributed by atoms with Gasteiger partial charge in [0.15, 0.2) is 18.9 Å². The lowest BCUT2D eigenvalue weighted by Gasteiger charge is -2.50. The number of nitrogens with zero attached hydrogens (tertiary/aromatic N) is 3. The number of azide groups is 1. The van der Waals surface area contributed by atoms with E-state index in [0.29, 0.717) is 0 Å². The number of esters is 1. The van der Waals surface area contributed by atoms with Crippen LogP contribution in [0.5, 0.6) is 0 Å². The summed E-state index contributed by atoms with van der Waals surface area (Å²) in [5.41, 5.74) is 12.1. The zero-order valence-electron chi connectivity index (χ0n) is 26.3. The molecule has 4 aliphatic heterocycles. The molecule has 0 aromatic heterocycles. The van der Waals surface area contributed by atoms with Crippen LogP contribution in [0.15, 0.2) is 96.1 Å². The lowest BCUT2D eigenvalue weighted by Crippen LogP contribution is -2.65. The maximum absolute atomic E-state index is 12.3. The first-order chi connectivity index (χ1) is 23.6. The smallest absolute Gasteiger partial charge is 0.303 e. The van der Waals surface area contributed by atoms with Crippen LogP contribution in [0.1, 0.15) is 29.9 Å². The Hall–Kier alpha value is -3.88. The van der Waals surface area contributed by atoms with Crippen molar-refractivity contribution in [1.29, 1.82) is 0 Å².